The number of carbonyl (C=O) groups excluding carboxylic acids is 2. The average Bonchev–Trinajstić information content (AvgIpc) is 3.14. The molecule has 0 radical (unpaired) electrons. The van der Waals surface area contributed by atoms with Crippen LogP contribution in [-0.4, -0.2) is 31.7 Å². The number of amides is 1. The number of carbonyl (C=O) groups is 2. The highest BCUT2D eigenvalue weighted by atomic mass is 35.5. The SMILES string of the molecule is C[C@H](NC(=O)COC(=O)c1cc(Cl)c2c(c1)OCCO2)c1cccs1. The van der Waals surface area contributed by atoms with E-state index < -0.39 is 5.97 Å². The van der Waals surface area contributed by atoms with Crippen LogP contribution in [0.25, 0.3) is 0 Å². The molecule has 1 aromatic carbocycles. The second kappa shape index (κ2) is 7.76. The summed E-state index contributed by atoms with van der Waals surface area (Å²) in [6.07, 6.45) is 0. The Kier molecular flexibility index (Phi) is 5.45. The Balaban J connectivity index is 1.57. The highest BCUT2D eigenvalue weighted by Crippen LogP contribution is 2.38. The van der Waals surface area contributed by atoms with Gasteiger partial charge in [0.25, 0.3) is 5.91 Å². The summed E-state index contributed by atoms with van der Waals surface area (Å²) in [5.74, 6) is -0.232. The lowest BCUT2D eigenvalue weighted by atomic mass is 10.2. The number of benzene rings is 1. The van der Waals surface area contributed by atoms with Crippen LogP contribution in [0.1, 0.15) is 28.2 Å². The summed E-state index contributed by atoms with van der Waals surface area (Å²) in [5, 5.41) is 4.97. The number of ether oxygens (including phenoxy) is 3. The van der Waals surface area contributed by atoms with Gasteiger partial charge in [-0.3, -0.25) is 4.79 Å². The van der Waals surface area contributed by atoms with Gasteiger partial charge in [-0.1, -0.05) is 17.7 Å². The van der Waals surface area contributed by atoms with Crippen LogP contribution in [0.15, 0.2) is 29.6 Å². The third kappa shape index (κ3) is 4.24. The van der Waals surface area contributed by atoms with E-state index in [1.54, 1.807) is 11.3 Å². The van der Waals surface area contributed by atoms with E-state index in [9.17, 15) is 9.59 Å². The Morgan fingerprint density at radius 1 is 1.36 bits per heavy atom. The number of nitrogens with one attached hydrogen (secondary N) is 1. The molecule has 0 saturated heterocycles. The number of hydrogen-bond donors (Lipinski definition) is 1. The van der Waals surface area contributed by atoms with Gasteiger partial charge in [0.1, 0.15) is 13.2 Å². The molecule has 1 atom stereocenters. The molecule has 0 saturated carbocycles. The first-order valence-electron chi connectivity index (χ1n) is 7.63. The van der Waals surface area contributed by atoms with Crippen molar-refractivity contribution in [2.75, 3.05) is 19.8 Å². The summed E-state index contributed by atoms with van der Waals surface area (Å²) in [6, 6.07) is 6.63. The minimum absolute atomic E-state index is 0.144. The standard InChI is InChI=1S/C17H16ClNO5S/c1-10(14-3-2-6-25-14)19-15(20)9-24-17(21)11-7-12(18)16-13(8-11)22-4-5-23-16/h2-3,6-8,10H,4-5,9H2,1H3,(H,19,20)/t10-/m0/s1. The van der Waals surface area contributed by atoms with Gasteiger partial charge in [0.2, 0.25) is 0 Å². The molecule has 8 heteroatoms. The first-order chi connectivity index (χ1) is 12.0. The molecule has 25 heavy (non-hydrogen) atoms. The van der Waals surface area contributed by atoms with Crippen molar-refractivity contribution in [3.05, 3.63) is 45.1 Å². The minimum atomic E-state index is -0.655. The largest absolute Gasteiger partial charge is 0.486 e. The smallest absolute Gasteiger partial charge is 0.338 e. The number of esters is 1. The van der Waals surface area contributed by atoms with Crippen LogP contribution >= 0.6 is 22.9 Å². The lowest BCUT2D eigenvalue weighted by molar-refractivity contribution is -0.124. The van der Waals surface area contributed by atoms with Gasteiger partial charge >= 0.3 is 5.97 Å². The predicted octanol–water partition coefficient (Wildman–Crippen LogP) is 3.21. The van der Waals surface area contributed by atoms with Crippen LogP contribution in [0.4, 0.5) is 0 Å². The summed E-state index contributed by atoms with van der Waals surface area (Å²) in [7, 11) is 0. The molecular formula is C17H16ClNO5S. The molecule has 6 nitrogen and oxygen atoms in total. The van der Waals surface area contributed by atoms with E-state index in [-0.39, 0.29) is 29.1 Å². The Labute approximate surface area is 153 Å². The van der Waals surface area contributed by atoms with Gasteiger partial charge in [-0.15, -0.1) is 11.3 Å². The predicted molar refractivity (Wildman–Crippen MR) is 93.6 cm³/mol. The molecule has 2 aromatic rings. The Morgan fingerprint density at radius 2 is 2.16 bits per heavy atom. The molecule has 0 aliphatic carbocycles. The molecular weight excluding hydrogens is 366 g/mol. The Bertz CT molecular complexity index is 778. The molecule has 1 aliphatic rings. The van der Waals surface area contributed by atoms with Crippen molar-refractivity contribution in [2.24, 2.45) is 0 Å². The highest BCUT2D eigenvalue weighted by Gasteiger charge is 2.20. The van der Waals surface area contributed by atoms with Crippen molar-refractivity contribution in [2.45, 2.75) is 13.0 Å². The zero-order chi connectivity index (χ0) is 17.8. The molecule has 1 aliphatic heterocycles. The van der Waals surface area contributed by atoms with E-state index in [0.717, 1.165) is 4.88 Å². The van der Waals surface area contributed by atoms with E-state index in [0.29, 0.717) is 24.7 Å². The number of thiophene rings is 1. The zero-order valence-corrected chi connectivity index (χ0v) is 15.0. The zero-order valence-electron chi connectivity index (χ0n) is 13.4. The second-order valence-corrected chi connectivity index (χ2v) is 6.75. The van der Waals surface area contributed by atoms with Crippen LogP contribution in [0.2, 0.25) is 5.02 Å². The van der Waals surface area contributed by atoms with E-state index in [2.05, 4.69) is 5.32 Å². The first-order valence-corrected chi connectivity index (χ1v) is 8.89. The van der Waals surface area contributed by atoms with Gasteiger partial charge in [-0.25, -0.2) is 4.79 Å². The van der Waals surface area contributed by atoms with Crippen molar-refractivity contribution in [3.8, 4) is 11.5 Å². The Hall–Kier alpha value is -2.25. The van der Waals surface area contributed by atoms with Crippen LogP contribution in [-0.2, 0) is 9.53 Å². The summed E-state index contributed by atoms with van der Waals surface area (Å²) < 4.78 is 15.9. The minimum Gasteiger partial charge on any atom is -0.486 e. The van der Waals surface area contributed by atoms with Crippen molar-refractivity contribution in [3.63, 3.8) is 0 Å². The highest BCUT2D eigenvalue weighted by molar-refractivity contribution is 7.10. The summed E-state index contributed by atoms with van der Waals surface area (Å²) in [4.78, 5) is 25.1. The van der Waals surface area contributed by atoms with Crippen molar-refractivity contribution >= 4 is 34.8 Å². The van der Waals surface area contributed by atoms with Gasteiger partial charge in [0.15, 0.2) is 18.1 Å². The normalized spacial score (nSPS) is 13.8. The molecule has 1 N–H and O–H groups in total. The number of halogens is 1. The van der Waals surface area contributed by atoms with E-state index in [1.807, 2.05) is 24.4 Å². The van der Waals surface area contributed by atoms with Crippen LogP contribution in [0, 0.1) is 0 Å². The maximum Gasteiger partial charge on any atom is 0.338 e. The van der Waals surface area contributed by atoms with Crippen molar-refractivity contribution < 1.29 is 23.8 Å². The maximum atomic E-state index is 12.1. The summed E-state index contributed by atoms with van der Waals surface area (Å²) in [6.45, 7) is 2.27. The summed E-state index contributed by atoms with van der Waals surface area (Å²) >= 11 is 7.64. The quantitative estimate of drug-likeness (QED) is 0.805. The number of rotatable bonds is 5. The van der Waals surface area contributed by atoms with Crippen LogP contribution in [0.3, 0.4) is 0 Å². The topological polar surface area (TPSA) is 73.9 Å². The van der Waals surface area contributed by atoms with Crippen molar-refractivity contribution in [1.29, 1.82) is 0 Å². The first kappa shape index (κ1) is 17.6. The molecule has 1 amide bonds. The van der Waals surface area contributed by atoms with E-state index >= 15 is 0 Å². The van der Waals surface area contributed by atoms with Crippen LogP contribution < -0.4 is 14.8 Å². The lowest BCUT2D eigenvalue weighted by Gasteiger charge is -2.20. The number of fused-ring (bicyclic) bond motifs is 1. The third-order valence-corrected chi connectivity index (χ3v) is 4.85. The molecule has 2 heterocycles. The fourth-order valence-electron chi connectivity index (χ4n) is 2.34. The fraction of sp³-hybridized carbons (Fsp3) is 0.294. The van der Waals surface area contributed by atoms with Gasteiger partial charge in [-0.05, 0) is 30.5 Å². The molecule has 3 rings (SSSR count). The van der Waals surface area contributed by atoms with E-state index in [1.165, 1.54) is 12.1 Å². The van der Waals surface area contributed by atoms with E-state index in [4.69, 9.17) is 25.8 Å². The number of hydrogen-bond acceptors (Lipinski definition) is 6. The van der Waals surface area contributed by atoms with Gasteiger partial charge in [0, 0.05) is 4.88 Å². The monoisotopic (exact) mass is 381 g/mol. The van der Waals surface area contributed by atoms with Gasteiger partial charge in [-0.2, -0.15) is 0 Å². The average molecular weight is 382 g/mol. The molecule has 132 valence electrons. The van der Waals surface area contributed by atoms with Crippen molar-refractivity contribution in [1.82, 2.24) is 5.32 Å². The fourth-order valence-corrected chi connectivity index (χ4v) is 3.33. The van der Waals surface area contributed by atoms with Gasteiger partial charge < -0.3 is 19.5 Å². The Morgan fingerprint density at radius 3 is 2.92 bits per heavy atom. The second-order valence-electron chi connectivity index (χ2n) is 5.36. The molecule has 0 bridgehead atoms. The molecule has 0 spiro atoms. The summed E-state index contributed by atoms with van der Waals surface area (Å²) in [5.41, 5.74) is 0.202. The van der Waals surface area contributed by atoms with Gasteiger partial charge in [0.05, 0.1) is 16.6 Å². The van der Waals surface area contributed by atoms with Crippen LogP contribution in [0.5, 0.6) is 11.5 Å². The molecule has 1 aromatic heterocycles. The lowest BCUT2D eigenvalue weighted by Crippen LogP contribution is -2.30. The third-order valence-electron chi connectivity index (χ3n) is 3.51. The molecule has 0 unspecified atom stereocenters. The molecule has 0 fully saturated rings. The maximum absolute atomic E-state index is 12.1.